The number of thiocarbonyl (C=S) groups is 1. The van der Waals surface area contributed by atoms with Crippen LogP contribution in [0.15, 0.2) is 4.99 Å². The Kier molecular flexibility index (Phi) is 3.52. The molecule has 74 valence electrons. The number of rotatable bonds is 2. The molecule has 1 aromatic rings. The first-order valence-corrected chi connectivity index (χ1v) is 5.10. The highest BCUT2D eigenvalue weighted by Gasteiger charge is 2.19. The van der Waals surface area contributed by atoms with Gasteiger partial charge in [-0.05, 0) is 26.1 Å². The van der Waals surface area contributed by atoms with Gasteiger partial charge < -0.3 is 4.74 Å². The second-order valence-corrected chi connectivity index (χ2v) is 4.24. The van der Waals surface area contributed by atoms with Gasteiger partial charge in [-0.2, -0.15) is 4.99 Å². The molecule has 0 bridgehead atoms. The van der Waals surface area contributed by atoms with Crippen LogP contribution < -0.4 is 0 Å². The fourth-order valence-electron chi connectivity index (χ4n) is 1.19. The molecule has 0 aliphatic heterocycles. The monoisotopic (exact) mass is 227 g/mol. The summed E-state index contributed by atoms with van der Waals surface area (Å²) in [5, 5.41) is 2.26. The SMILES string of the molecule is COC(=O)c1c(C)sc(C)c1N=C=S. The zero-order chi connectivity index (χ0) is 10.7. The van der Waals surface area contributed by atoms with Crippen LogP contribution in [0.4, 0.5) is 5.69 Å². The van der Waals surface area contributed by atoms with Crippen LogP contribution in [0.25, 0.3) is 0 Å². The van der Waals surface area contributed by atoms with E-state index in [0.29, 0.717) is 11.3 Å². The normalized spacial score (nSPS) is 9.36. The van der Waals surface area contributed by atoms with E-state index >= 15 is 0 Å². The molecule has 0 saturated heterocycles. The molecule has 1 heterocycles. The maximum absolute atomic E-state index is 11.4. The molecule has 14 heavy (non-hydrogen) atoms. The van der Waals surface area contributed by atoms with Crippen molar-refractivity contribution in [3.8, 4) is 0 Å². The summed E-state index contributed by atoms with van der Waals surface area (Å²) in [6, 6.07) is 0. The van der Waals surface area contributed by atoms with Crippen molar-refractivity contribution < 1.29 is 9.53 Å². The molecule has 0 aromatic carbocycles. The first kappa shape index (κ1) is 11.0. The predicted molar refractivity (Wildman–Crippen MR) is 59.8 cm³/mol. The van der Waals surface area contributed by atoms with E-state index in [1.807, 2.05) is 13.8 Å². The third-order valence-electron chi connectivity index (χ3n) is 1.78. The molecule has 5 heteroatoms. The number of carbonyl (C=O) groups excluding carboxylic acids is 1. The highest BCUT2D eigenvalue weighted by Crippen LogP contribution is 2.34. The van der Waals surface area contributed by atoms with Crippen LogP contribution in [0.5, 0.6) is 0 Å². The van der Waals surface area contributed by atoms with E-state index < -0.39 is 0 Å². The molecule has 0 aliphatic carbocycles. The molecule has 0 unspecified atom stereocenters. The number of esters is 1. The zero-order valence-electron chi connectivity index (χ0n) is 8.08. The lowest BCUT2D eigenvalue weighted by atomic mass is 10.2. The van der Waals surface area contributed by atoms with Gasteiger partial charge >= 0.3 is 5.97 Å². The number of aryl methyl sites for hydroxylation is 2. The molecule has 1 rings (SSSR count). The molecule has 0 aliphatic rings. The Bertz CT molecular complexity index is 417. The number of aliphatic imine (C=N–C) groups is 1. The molecule has 0 fully saturated rings. The van der Waals surface area contributed by atoms with Crippen molar-refractivity contribution in [1.82, 2.24) is 0 Å². The molecule has 0 spiro atoms. The minimum atomic E-state index is -0.379. The van der Waals surface area contributed by atoms with Crippen LogP contribution in [0.2, 0.25) is 0 Å². The average molecular weight is 227 g/mol. The predicted octanol–water partition coefficient (Wildman–Crippen LogP) is 2.89. The second kappa shape index (κ2) is 4.46. The van der Waals surface area contributed by atoms with Crippen molar-refractivity contribution in [2.45, 2.75) is 13.8 Å². The van der Waals surface area contributed by atoms with Crippen molar-refractivity contribution in [1.29, 1.82) is 0 Å². The minimum Gasteiger partial charge on any atom is -0.465 e. The summed E-state index contributed by atoms with van der Waals surface area (Å²) in [7, 11) is 1.35. The van der Waals surface area contributed by atoms with Gasteiger partial charge in [0.15, 0.2) is 0 Å². The smallest absolute Gasteiger partial charge is 0.341 e. The quantitative estimate of drug-likeness (QED) is 0.443. The summed E-state index contributed by atoms with van der Waals surface area (Å²) in [4.78, 5) is 17.1. The van der Waals surface area contributed by atoms with E-state index in [2.05, 4.69) is 27.1 Å². The summed E-state index contributed by atoms with van der Waals surface area (Å²) in [5.74, 6) is -0.379. The number of methoxy groups -OCH3 is 1. The topological polar surface area (TPSA) is 38.7 Å². The summed E-state index contributed by atoms with van der Waals surface area (Å²) in [5.41, 5.74) is 1.07. The largest absolute Gasteiger partial charge is 0.465 e. The van der Waals surface area contributed by atoms with Gasteiger partial charge in [0.2, 0.25) is 0 Å². The lowest BCUT2D eigenvalue weighted by Gasteiger charge is -1.98. The zero-order valence-corrected chi connectivity index (χ0v) is 9.71. The molecule has 0 atom stereocenters. The van der Waals surface area contributed by atoms with Crippen molar-refractivity contribution in [3.63, 3.8) is 0 Å². The summed E-state index contributed by atoms with van der Waals surface area (Å²) in [6.07, 6.45) is 0. The molecule has 0 saturated carbocycles. The number of carbonyl (C=O) groups is 1. The van der Waals surface area contributed by atoms with Gasteiger partial charge in [0.05, 0.1) is 17.8 Å². The molecule has 0 amide bonds. The highest BCUT2D eigenvalue weighted by atomic mass is 32.1. The first-order chi connectivity index (χ1) is 6.61. The van der Waals surface area contributed by atoms with E-state index in [1.54, 1.807) is 0 Å². The standard InChI is InChI=1S/C9H9NO2S2/c1-5-7(9(11)12-3)8(10-4-13)6(2)14-5/h1-3H3. The van der Waals surface area contributed by atoms with Gasteiger partial charge in [0.25, 0.3) is 0 Å². The van der Waals surface area contributed by atoms with Crippen LogP contribution in [-0.2, 0) is 4.74 Å². The van der Waals surface area contributed by atoms with E-state index in [9.17, 15) is 4.79 Å². The Labute approximate surface area is 91.4 Å². The lowest BCUT2D eigenvalue weighted by Crippen LogP contribution is -2.01. The maximum Gasteiger partial charge on any atom is 0.341 e. The third kappa shape index (κ3) is 1.90. The molecule has 0 radical (unpaired) electrons. The number of nitrogens with zero attached hydrogens (tertiary/aromatic N) is 1. The van der Waals surface area contributed by atoms with Crippen LogP contribution in [0.3, 0.4) is 0 Å². The van der Waals surface area contributed by atoms with Crippen molar-refractivity contribution in [3.05, 3.63) is 15.3 Å². The third-order valence-corrected chi connectivity index (χ3v) is 2.88. The highest BCUT2D eigenvalue weighted by molar-refractivity contribution is 7.78. The van der Waals surface area contributed by atoms with E-state index in [-0.39, 0.29) is 5.97 Å². The van der Waals surface area contributed by atoms with Crippen molar-refractivity contribution in [2.75, 3.05) is 7.11 Å². The Morgan fingerprint density at radius 3 is 2.64 bits per heavy atom. The molecule has 1 aromatic heterocycles. The summed E-state index contributed by atoms with van der Waals surface area (Å²) in [6.45, 7) is 3.74. The molecule has 0 N–H and O–H groups in total. The fourth-order valence-corrected chi connectivity index (χ4v) is 2.27. The summed E-state index contributed by atoms with van der Waals surface area (Å²) >= 11 is 6.02. The van der Waals surface area contributed by atoms with Gasteiger partial charge in [0, 0.05) is 9.75 Å². The number of hydrogen-bond donors (Lipinski definition) is 0. The van der Waals surface area contributed by atoms with Gasteiger partial charge in [-0.1, -0.05) is 0 Å². The maximum atomic E-state index is 11.4. The van der Waals surface area contributed by atoms with Crippen molar-refractivity contribution >= 4 is 40.4 Å². The number of ether oxygens (including phenoxy) is 1. The van der Waals surface area contributed by atoms with Gasteiger partial charge in [-0.25, -0.2) is 4.79 Å². The van der Waals surface area contributed by atoms with E-state index in [4.69, 9.17) is 0 Å². The molecule has 3 nitrogen and oxygen atoms in total. The first-order valence-electron chi connectivity index (χ1n) is 3.88. The van der Waals surface area contributed by atoms with Gasteiger partial charge in [-0.15, -0.1) is 11.3 Å². The van der Waals surface area contributed by atoms with Crippen LogP contribution >= 0.6 is 23.6 Å². The molecular formula is C9H9NO2S2. The second-order valence-electron chi connectivity index (χ2n) is 2.63. The minimum absolute atomic E-state index is 0.379. The van der Waals surface area contributed by atoms with E-state index in [0.717, 1.165) is 9.75 Å². The van der Waals surface area contributed by atoms with Gasteiger partial charge in [-0.3, -0.25) is 0 Å². The number of isothiocyanates is 1. The average Bonchev–Trinajstić information content (AvgIpc) is 2.42. The number of hydrogen-bond acceptors (Lipinski definition) is 5. The van der Waals surface area contributed by atoms with Crippen LogP contribution in [0, 0.1) is 13.8 Å². The fraction of sp³-hybridized carbons (Fsp3) is 0.333. The van der Waals surface area contributed by atoms with E-state index in [1.165, 1.54) is 18.4 Å². The Morgan fingerprint density at radius 2 is 2.14 bits per heavy atom. The van der Waals surface area contributed by atoms with Gasteiger partial charge in [0.1, 0.15) is 5.69 Å². The van der Waals surface area contributed by atoms with Crippen LogP contribution in [-0.4, -0.2) is 18.2 Å². The Balaban J connectivity index is 3.38. The lowest BCUT2D eigenvalue weighted by molar-refractivity contribution is 0.0601. The van der Waals surface area contributed by atoms with Crippen molar-refractivity contribution in [2.24, 2.45) is 4.99 Å². The van der Waals surface area contributed by atoms with Crippen LogP contribution in [0.1, 0.15) is 20.1 Å². The molecular weight excluding hydrogens is 218 g/mol. The Morgan fingerprint density at radius 1 is 1.50 bits per heavy atom. The Hall–Kier alpha value is -1.03. The number of thiophene rings is 1. The summed E-state index contributed by atoms with van der Waals surface area (Å²) < 4.78 is 4.66.